The van der Waals surface area contributed by atoms with Gasteiger partial charge in [-0.25, -0.2) is 0 Å². The number of aliphatic hydroxyl groups excluding tert-OH is 2. The lowest BCUT2D eigenvalue weighted by atomic mass is 10.4. The van der Waals surface area contributed by atoms with Crippen molar-refractivity contribution in [2.24, 2.45) is 0 Å². The Morgan fingerprint density at radius 2 is 1.36 bits per heavy atom. The standard InChI is InChI=1S/C9H20O4.C6H15N.C4H8O/c1-7(11)5-12-9(3)6-13-8(2)4-10;1-4-7(5-2)6-3;1-2-4-5-3-1/h7-11H,4-6H2,1-3H3;4-6H2,1-3H3;1-4H2. The summed E-state index contributed by atoms with van der Waals surface area (Å²) in [5, 5.41) is 17.6. The first-order valence-corrected chi connectivity index (χ1v) is 9.73. The van der Waals surface area contributed by atoms with Gasteiger partial charge in [0, 0.05) is 13.2 Å². The molecule has 0 aliphatic carbocycles. The van der Waals surface area contributed by atoms with E-state index in [0.717, 1.165) is 13.2 Å². The molecule has 3 unspecified atom stereocenters. The highest BCUT2D eigenvalue weighted by atomic mass is 16.5. The third-order valence-electron chi connectivity index (χ3n) is 3.66. The van der Waals surface area contributed by atoms with E-state index in [4.69, 9.17) is 24.4 Å². The van der Waals surface area contributed by atoms with E-state index in [1.165, 1.54) is 32.5 Å². The summed E-state index contributed by atoms with van der Waals surface area (Å²) in [5.41, 5.74) is 0. The summed E-state index contributed by atoms with van der Waals surface area (Å²) in [5.74, 6) is 0. The van der Waals surface area contributed by atoms with Crippen LogP contribution >= 0.6 is 0 Å². The summed E-state index contributed by atoms with van der Waals surface area (Å²) in [4.78, 5) is 2.38. The van der Waals surface area contributed by atoms with Gasteiger partial charge in [-0.2, -0.15) is 0 Å². The molecule has 1 saturated heterocycles. The molecule has 25 heavy (non-hydrogen) atoms. The van der Waals surface area contributed by atoms with Gasteiger partial charge in [0.15, 0.2) is 0 Å². The maximum Gasteiger partial charge on any atom is 0.0781 e. The summed E-state index contributed by atoms with van der Waals surface area (Å²) in [6.45, 7) is 18.2. The summed E-state index contributed by atoms with van der Waals surface area (Å²) >= 11 is 0. The molecule has 6 heteroatoms. The van der Waals surface area contributed by atoms with E-state index in [2.05, 4.69) is 25.7 Å². The first-order chi connectivity index (χ1) is 11.9. The Hall–Kier alpha value is -0.240. The molecule has 1 aliphatic rings. The van der Waals surface area contributed by atoms with Gasteiger partial charge in [0.2, 0.25) is 0 Å². The van der Waals surface area contributed by atoms with E-state index in [1.807, 2.05) is 6.92 Å². The Balaban J connectivity index is 0. The largest absolute Gasteiger partial charge is 0.394 e. The van der Waals surface area contributed by atoms with Crippen molar-refractivity contribution >= 4 is 0 Å². The normalized spacial score (nSPS) is 17.2. The van der Waals surface area contributed by atoms with Gasteiger partial charge in [0.05, 0.1) is 38.1 Å². The maximum absolute atomic E-state index is 8.92. The molecule has 0 aromatic heterocycles. The van der Waals surface area contributed by atoms with Gasteiger partial charge in [-0.15, -0.1) is 0 Å². The molecule has 0 spiro atoms. The van der Waals surface area contributed by atoms with Crippen LogP contribution in [0.5, 0.6) is 0 Å². The van der Waals surface area contributed by atoms with Crippen molar-refractivity contribution in [2.45, 2.75) is 72.7 Å². The van der Waals surface area contributed by atoms with Crippen molar-refractivity contribution in [2.75, 3.05) is 52.7 Å². The quantitative estimate of drug-likeness (QED) is 0.619. The van der Waals surface area contributed by atoms with E-state index in [0.29, 0.717) is 13.2 Å². The number of ether oxygens (including phenoxy) is 3. The van der Waals surface area contributed by atoms with Gasteiger partial charge in [-0.1, -0.05) is 20.8 Å². The zero-order chi connectivity index (χ0) is 19.5. The second kappa shape index (κ2) is 20.1. The van der Waals surface area contributed by atoms with Crippen LogP contribution in [-0.4, -0.2) is 86.1 Å². The lowest BCUT2D eigenvalue weighted by Crippen LogP contribution is -2.24. The molecule has 0 amide bonds. The van der Waals surface area contributed by atoms with Crippen LogP contribution in [0, 0.1) is 0 Å². The van der Waals surface area contributed by atoms with E-state index in [1.54, 1.807) is 13.8 Å². The molecule has 154 valence electrons. The molecule has 6 nitrogen and oxygen atoms in total. The fourth-order valence-corrected chi connectivity index (χ4v) is 1.89. The SMILES string of the molecule is C1CCOC1.CC(O)COC(C)COC(C)CO.CCN(CC)CC. The topological polar surface area (TPSA) is 71.4 Å². The van der Waals surface area contributed by atoms with Crippen LogP contribution in [-0.2, 0) is 14.2 Å². The summed E-state index contributed by atoms with van der Waals surface area (Å²) < 4.78 is 15.4. The van der Waals surface area contributed by atoms with Crippen LogP contribution in [0.3, 0.4) is 0 Å². The molecule has 2 N–H and O–H groups in total. The molecule has 0 aromatic rings. The van der Waals surface area contributed by atoms with Gasteiger partial charge < -0.3 is 29.3 Å². The Labute approximate surface area is 155 Å². The Morgan fingerprint density at radius 1 is 0.880 bits per heavy atom. The van der Waals surface area contributed by atoms with Crippen molar-refractivity contribution in [3.05, 3.63) is 0 Å². The third kappa shape index (κ3) is 21.7. The fraction of sp³-hybridized carbons (Fsp3) is 1.00. The van der Waals surface area contributed by atoms with Crippen LogP contribution in [0.4, 0.5) is 0 Å². The number of nitrogens with zero attached hydrogens (tertiary/aromatic N) is 1. The summed E-state index contributed by atoms with van der Waals surface area (Å²) in [7, 11) is 0. The number of aliphatic hydroxyl groups is 2. The second-order valence-electron chi connectivity index (χ2n) is 6.26. The Kier molecular flexibility index (Phi) is 21.7. The van der Waals surface area contributed by atoms with Gasteiger partial charge in [-0.3, -0.25) is 0 Å². The van der Waals surface area contributed by atoms with Gasteiger partial charge in [0.1, 0.15) is 0 Å². The van der Waals surface area contributed by atoms with Crippen molar-refractivity contribution in [1.82, 2.24) is 4.90 Å². The first kappa shape index (κ1) is 27.0. The predicted octanol–water partition coefficient (Wildman–Crippen LogP) is 2.31. The highest BCUT2D eigenvalue weighted by Crippen LogP contribution is 1.98. The first-order valence-electron chi connectivity index (χ1n) is 9.73. The molecular weight excluding hydrogens is 322 g/mol. The smallest absolute Gasteiger partial charge is 0.0781 e. The monoisotopic (exact) mass is 365 g/mol. The average Bonchev–Trinajstić information content (AvgIpc) is 3.19. The minimum absolute atomic E-state index is 0.0170. The van der Waals surface area contributed by atoms with E-state index < -0.39 is 6.10 Å². The minimum Gasteiger partial charge on any atom is -0.394 e. The molecule has 1 heterocycles. The molecule has 0 aromatic carbocycles. The molecule has 0 bridgehead atoms. The fourth-order valence-electron chi connectivity index (χ4n) is 1.89. The molecule has 1 aliphatic heterocycles. The van der Waals surface area contributed by atoms with Crippen molar-refractivity contribution in [3.63, 3.8) is 0 Å². The minimum atomic E-state index is -0.447. The molecule has 1 fully saturated rings. The summed E-state index contributed by atoms with van der Waals surface area (Å²) in [6.07, 6.45) is 1.90. The van der Waals surface area contributed by atoms with Crippen molar-refractivity contribution < 1.29 is 24.4 Å². The molecule has 3 atom stereocenters. The lowest BCUT2D eigenvalue weighted by molar-refractivity contribution is -0.0620. The maximum atomic E-state index is 8.92. The third-order valence-corrected chi connectivity index (χ3v) is 3.66. The lowest BCUT2D eigenvalue weighted by Gasteiger charge is -2.16. The van der Waals surface area contributed by atoms with Crippen LogP contribution in [0.15, 0.2) is 0 Å². The zero-order valence-corrected chi connectivity index (χ0v) is 17.4. The highest BCUT2D eigenvalue weighted by molar-refractivity contribution is 4.53. The summed E-state index contributed by atoms with van der Waals surface area (Å²) in [6, 6.07) is 0. The second-order valence-corrected chi connectivity index (χ2v) is 6.26. The van der Waals surface area contributed by atoms with Gasteiger partial charge in [-0.05, 0) is 53.2 Å². The molecule has 0 radical (unpaired) electrons. The zero-order valence-electron chi connectivity index (χ0n) is 17.4. The van der Waals surface area contributed by atoms with Crippen LogP contribution in [0.25, 0.3) is 0 Å². The van der Waals surface area contributed by atoms with Crippen LogP contribution in [0.2, 0.25) is 0 Å². The van der Waals surface area contributed by atoms with Crippen LogP contribution < -0.4 is 0 Å². The molecular formula is C19H43NO5. The highest BCUT2D eigenvalue weighted by Gasteiger charge is 2.07. The molecule has 0 saturated carbocycles. The van der Waals surface area contributed by atoms with Crippen LogP contribution in [0.1, 0.15) is 54.4 Å². The van der Waals surface area contributed by atoms with E-state index in [9.17, 15) is 0 Å². The molecule has 1 rings (SSSR count). The van der Waals surface area contributed by atoms with E-state index >= 15 is 0 Å². The van der Waals surface area contributed by atoms with E-state index in [-0.39, 0.29) is 18.8 Å². The Morgan fingerprint density at radius 3 is 1.64 bits per heavy atom. The van der Waals surface area contributed by atoms with Gasteiger partial charge in [0.25, 0.3) is 0 Å². The van der Waals surface area contributed by atoms with Crippen molar-refractivity contribution in [1.29, 1.82) is 0 Å². The van der Waals surface area contributed by atoms with Gasteiger partial charge >= 0.3 is 0 Å². The Bertz CT molecular complexity index is 233. The predicted molar refractivity (Wildman–Crippen MR) is 103 cm³/mol. The van der Waals surface area contributed by atoms with Crippen molar-refractivity contribution in [3.8, 4) is 0 Å². The number of hydrogen-bond acceptors (Lipinski definition) is 6. The number of rotatable bonds is 10. The average molecular weight is 366 g/mol. The number of hydrogen-bond donors (Lipinski definition) is 2.